The average molecular weight is 702 g/mol. The molecule has 0 unspecified atom stereocenters. The minimum atomic E-state index is -1.04. The summed E-state index contributed by atoms with van der Waals surface area (Å²) in [4.78, 5) is 0. The molecule has 8 aromatic carbocycles. The first-order valence-electron chi connectivity index (χ1n) is 16.5. The molecule has 0 aliphatic heterocycles. The summed E-state index contributed by atoms with van der Waals surface area (Å²) in [6.07, 6.45) is 0. The van der Waals surface area contributed by atoms with Crippen LogP contribution < -0.4 is 5.46 Å². The van der Waals surface area contributed by atoms with Gasteiger partial charge in [-0.2, -0.15) is 0 Å². The van der Waals surface area contributed by atoms with E-state index in [0.29, 0.717) is 33.1 Å². The molecule has 0 atom stereocenters. The van der Waals surface area contributed by atoms with Gasteiger partial charge in [0.15, 0.2) is 23.0 Å². The average Bonchev–Trinajstić information content (AvgIpc) is 3.54. The normalized spacial score (nSPS) is 11.8. The fourth-order valence-corrected chi connectivity index (χ4v) is 7.64. The molecule has 0 bridgehead atoms. The fraction of sp³-hybridized carbons (Fsp3) is 0. The molecule has 9 rings (SSSR count). The number of phenolic OH excluding ortho intramolecular Hbond substituents is 9. The van der Waals surface area contributed by atoms with Crippen LogP contribution >= 0.6 is 0 Å². The van der Waals surface area contributed by atoms with Gasteiger partial charge < -0.3 is 50.4 Å². The maximum Gasteiger partial charge on any atom is 0.208 e. The van der Waals surface area contributed by atoms with Crippen molar-refractivity contribution in [2.45, 2.75) is 0 Å². The van der Waals surface area contributed by atoms with E-state index >= 15 is 0 Å². The minimum Gasteiger partial charge on any atom is -0.508 e. The molecular formula is C42H27BO10. The fourth-order valence-electron chi connectivity index (χ4n) is 7.64. The summed E-state index contributed by atoms with van der Waals surface area (Å²) < 4.78 is 6.44. The van der Waals surface area contributed by atoms with Gasteiger partial charge in [0, 0.05) is 16.3 Å². The van der Waals surface area contributed by atoms with E-state index in [-0.39, 0.29) is 22.3 Å². The first-order valence-corrected chi connectivity index (χ1v) is 16.5. The maximum atomic E-state index is 11.1. The molecule has 0 saturated heterocycles. The summed E-state index contributed by atoms with van der Waals surface area (Å²) in [6, 6.07) is 29.6. The Morgan fingerprint density at radius 1 is 0.377 bits per heavy atom. The van der Waals surface area contributed by atoms with Gasteiger partial charge in [0.25, 0.3) is 0 Å². The van der Waals surface area contributed by atoms with E-state index in [1.54, 1.807) is 24.3 Å². The van der Waals surface area contributed by atoms with E-state index in [9.17, 15) is 46.0 Å². The summed E-state index contributed by atoms with van der Waals surface area (Å²) in [5.74, 6) is -6.88. The number of hydrogen-bond donors (Lipinski definition) is 9. The van der Waals surface area contributed by atoms with Crippen LogP contribution in [0.4, 0.5) is 0 Å². The van der Waals surface area contributed by atoms with E-state index in [1.165, 1.54) is 7.85 Å². The van der Waals surface area contributed by atoms with Gasteiger partial charge in [0.05, 0.1) is 11.1 Å². The molecule has 0 aliphatic carbocycles. The highest BCUT2D eigenvalue weighted by molar-refractivity contribution is 6.37. The number of fused-ring (bicyclic) bond motifs is 6. The molecule has 10 nitrogen and oxygen atoms in total. The molecule has 0 radical (unpaired) electrons. The highest BCUT2D eigenvalue weighted by Crippen LogP contribution is 2.58. The Hall–Kier alpha value is -7.40. The van der Waals surface area contributed by atoms with Crippen LogP contribution in [0.2, 0.25) is 0 Å². The zero-order valence-electron chi connectivity index (χ0n) is 27.7. The number of phenols is 9. The summed E-state index contributed by atoms with van der Waals surface area (Å²) >= 11 is 0. The third-order valence-electron chi connectivity index (χ3n) is 10.2. The summed E-state index contributed by atoms with van der Waals surface area (Å²) in [5.41, 5.74) is 3.31. The van der Waals surface area contributed by atoms with Crippen LogP contribution in [0.1, 0.15) is 0 Å². The first-order chi connectivity index (χ1) is 25.5. The Kier molecular flexibility index (Phi) is 6.58. The van der Waals surface area contributed by atoms with Gasteiger partial charge in [-0.3, -0.25) is 0 Å². The second-order valence-corrected chi connectivity index (χ2v) is 13.0. The Bertz CT molecular complexity index is 2960. The molecule has 258 valence electrons. The number of aromatic hydroxyl groups is 9. The second kappa shape index (κ2) is 11.1. The van der Waals surface area contributed by atoms with E-state index in [2.05, 4.69) is 0 Å². The molecule has 1 aromatic heterocycles. The highest BCUT2D eigenvalue weighted by atomic mass is 16.4. The van der Waals surface area contributed by atoms with Gasteiger partial charge in [0.2, 0.25) is 23.0 Å². The summed E-state index contributed by atoms with van der Waals surface area (Å²) in [6.45, 7) is 0. The maximum absolute atomic E-state index is 11.1. The Morgan fingerprint density at radius 2 is 0.925 bits per heavy atom. The van der Waals surface area contributed by atoms with Crippen LogP contribution in [0.3, 0.4) is 0 Å². The van der Waals surface area contributed by atoms with Gasteiger partial charge >= 0.3 is 0 Å². The molecule has 0 spiro atoms. The van der Waals surface area contributed by atoms with Gasteiger partial charge in [-0.15, -0.1) is 0 Å². The zero-order chi connectivity index (χ0) is 37.0. The predicted molar refractivity (Wildman–Crippen MR) is 206 cm³/mol. The predicted octanol–water partition coefficient (Wildman–Crippen LogP) is 7.66. The van der Waals surface area contributed by atoms with Crippen molar-refractivity contribution in [1.29, 1.82) is 0 Å². The van der Waals surface area contributed by atoms with E-state index in [1.807, 2.05) is 72.8 Å². The first kappa shape index (κ1) is 31.6. The number of rotatable bonds is 3. The highest BCUT2D eigenvalue weighted by Gasteiger charge is 2.29. The zero-order valence-corrected chi connectivity index (χ0v) is 27.7. The molecule has 9 aromatic rings. The topological polar surface area (TPSA) is 195 Å². The van der Waals surface area contributed by atoms with Gasteiger partial charge in [0.1, 0.15) is 24.8 Å². The third kappa shape index (κ3) is 4.28. The second-order valence-electron chi connectivity index (χ2n) is 13.0. The lowest BCUT2D eigenvalue weighted by molar-refractivity contribution is 0.330. The monoisotopic (exact) mass is 702 g/mol. The lowest BCUT2D eigenvalue weighted by Crippen LogP contribution is -2.05. The number of furan rings is 1. The Balaban J connectivity index is 1.33. The van der Waals surface area contributed by atoms with Crippen molar-refractivity contribution >= 4 is 67.6 Å². The van der Waals surface area contributed by atoms with Gasteiger partial charge in [-0.1, -0.05) is 72.8 Å². The molecule has 0 saturated carbocycles. The minimum absolute atomic E-state index is 0.0201. The number of hydrogen-bond acceptors (Lipinski definition) is 10. The SMILES string of the molecule is Bc1c(O)c(O)c(O)c(-c2ccc3cc4c(cc3c2)oc2cccc(-c3c5ccccc5c(-c5c(O)c(O)c(O)c(O)c5O)c5ccccc35)c24)c1O. The van der Waals surface area contributed by atoms with Crippen LogP contribution in [-0.2, 0) is 0 Å². The van der Waals surface area contributed by atoms with Gasteiger partial charge in [-0.05, 0) is 78.7 Å². The molecule has 11 heteroatoms. The molecule has 0 aliphatic rings. The largest absolute Gasteiger partial charge is 0.508 e. The van der Waals surface area contributed by atoms with Crippen LogP contribution in [-0.4, -0.2) is 53.8 Å². The van der Waals surface area contributed by atoms with Crippen LogP contribution in [0.25, 0.3) is 87.6 Å². The molecule has 0 amide bonds. The quantitative estimate of drug-likeness (QED) is 0.0382. The molecule has 1 heterocycles. The van der Waals surface area contributed by atoms with E-state index in [4.69, 9.17) is 4.42 Å². The molecule has 53 heavy (non-hydrogen) atoms. The van der Waals surface area contributed by atoms with Crippen molar-refractivity contribution < 1.29 is 50.4 Å². The Labute approximate surface area is 299 Å². The standard InChI is InChI=1S/C42H27BO10/c43-33-34(44)28(35(45)39(49)38(33)48)18-13-12-17-15-25-27(16-19(17)14-18)53-26-11-5-10-24(30(25)26)29-20-6-1-3-8-22(20)31(23-9-4-2-7-21(23)29)32-36(46)40(50)42(52)41(51)37(32)47/h1-16,44-52H,43H2. The van der Waals surface area contributed by atoms with Crippen molar-refractivity contribution in [3.63, 3.8) is 0 Å². The van der Waals surface area contributed by atoms with Crippen LogP contribution in [0.15, 0.2) is 101 Å². The van der Waals surface area contributed by atoms with Crippen molar-refractivity contribution in [3.05, 3.63) is 97.1 Å². The van der Waals surface area contributed by atoms with E-state index < -0.39 is 46.0 Å². The summed E-state index contributed by atoms with van der Waals surface area (Å²) in [7, 11) is 1.43. The van der Waals surface area contributed by atoms with Crippen molar-refractivity contribution in [1.82, 2.24) is 0 Å². The van der Waals surface area contributed by atoms with Gasteiger partial charge in [-0.25, -0.2) is 0 Å². The van der Waals surface area contributed by atoms with Crippen LogP contribution in [0, 0.1) is 0 Å². The lowest BCUT2D eigenvalue weighted by Gasteiger charge is -2.20. The lowest BCUT2D eigenvalue weighted by atomic mass is 9.84. The molecule has 9 N–H and O–H groups in total. The number of benzene rings is 8. The smallest absolute Gasteiger partial charge is 0.208 e. The van der Waals surface area contributed by atoms with E-state index in [0.717, 1.165) is 43.4 Å². The van der Waals surface area contributed by atoms with Crippen molar-refractivity contribution in [2.75, 3.05) is 0 Å². The van der Waals surface area contributed by atoms with Crippen LogP contribution in [0.5, 0.6) is 51.7 Å². The third-order valence-corrected chi connectivity index (χ3v) is 10.2. The summed E-state index contributed by atoms with van der Waals surface area (Å²) in [5, 5.41) is 101. The molecule has 0 fully saturated rings. The Morgan fingerprint density at radius 3 is 1.55 bits per heavy atom. The molecular weight excluding hydrogens is 675 g/mol. The van der Waals surface area contributed by atoms with Crippen molar-refractivity contribution in [2.24, 2.45) is 0 Å². The van der Waals surface area contributed by atoms with Crippen molar-refractivity contribution in [3.8, 4) is 85.1 Å².